The first-order valence-corrected chi connectivity index (χ1v) is 10.2. The Morgan fingerprint density at radius 2 is 2.09 bits per heavy atom. The molecule has 2 aromatic carbocycles. The van der Waals surface area contributed by atoms with E-state index in [1.807, 2.05) is 6.92 Å². The van der Waals surface area contributed by atoms with Crippen molar-refractivity contribution in [3.63, 3.8) is 0 Å². The molecule has 1 unspecified atom stereocenters. The number of nitrogens with zero attached hydrogens (tertiary/aromatic N) is 5. The lowest BCUT2D eigenvalue weighted by Crippen LogP contribution is -2.31. The average molecular weight is 467 g/mol. The van der Waals surface area contributed by atoms with Crippen LogP contribution < -0.4 is 20.1 Å². The first-order chi connectivity index (χ1) is 16.3. The van der Waals surface area contributed by atoms with Gasteiger partial charge in [-0.05, 0) is 48.0 Å². The van der Waals surface area contributed by atoms with Crippen molar-refractivity contribution in [1.82, 2.24) is 20.2 Å². The van der Waals surface area contributed by atoms with Crippen LogP contribution in [0.15, 0.2) is 47.7 Å². The van der Waals surface area contributed by atoms with Crippen LogP contribution in [0.5, 0.6) is 17.2 Å². The number of hydrogen-bond acceptors (Lipinski definition) is 10. The topological polar surface area (TPSA) is 167 Å². The standard InChI is InChI=1S/C21H21N7O6/c1-4-34-15-8-6-5-7-13(15)23-20(30)17-11(2)22-21-24-25-26-27(21)18(17)12-9-14(28(31)32)19(29)16(10-12)33-3/h5-10,18,29H,4H2,1-3H3,(H,23,30)(H,22,24,26). The van der Waals surface area contributed by atoms with E-state index in [1.54, 1.807) is 31.2 Å². The number of carbonyl (C=O) groups excluding carboxylic acids is 1. The largest absolute Gasteiger partial charge is 0.500 e. The van der Waals surface area contributed by atoms with Crippen LogP contribution in [0.25, 0.3) is 0 Å². The van der Waals surface area contributed by atoms with Crippen LogP contribution in [0, 0.1) is 10.1 Å². The second kappa shape index (κ2) is 9.05. The maximum absolute atomic E-state index is 13.5. The maximum Gasteiger partial charge on any atom is 0.315 e. The van der Waals surface area contributed by atoms with Gasteiger partial charge in [0.1, 0.15) is 11.8 Å². The number of amides is 1. The molecule has 1 aromatic heterocycles. The van der Waals surface area contributed by atoms with Crippen LogP contribution in [0.3, 0.4) is 0 Å². The summed E-state index contributed by atoms with van der Waals surface area (Å²) in [5.74, 6) is -0.528. The summed E-state index contributed by atoms with van der Waals surface area (Å²) in [6.45, 7) is 3.90. The molecule has 13 nitrogen and oxygen atoms in total. The van der Waals surface area contributed by atoms with Gasteiger partial charge in [0.2, 0.25) is 11.7 Å². The van der Waals surface area contributed by atoms with Crippen LogP contribution in [-0.4, -0.2) is 49.9 Å². The highest BCUT2D eigenvalue weighted by atomic mass is 16.6. The number of allylic oxidation sites excluding steroid dienone is 1. The number of tetrazole rings is 1. The molecule has 1 atom stereocenters. The lowest BCUT2D eigenvalue weighted by molar-refractivity contribution is -0.386. The van der Waals surface area contributed by atoms with E-state index in [0.29, 0.717) is 23.7 Å². The zero-order valence-corrected chi connectivity index (χ0v) is 18.5. The highest BCUT2D eigenvalue weighted by molar-refractivity contribution is 6.06. The number of methoxy groups -OCH3 is 1. The number of para-hydroxylation sites is 2. The van der Waals surface area contributed by atoms with E-state index < -0.39 is 28.3 Å². The number of ether oxygens (including phenoxy) is 2. The number of nitrogens with one attached hydrogen (secondary N) is 2. The highest BCUT2D eigenvalue weighted by Gasteiger charge is 2.36. The minimum absolute atomic E-state index is 0.128. The molecular formula is C21H21N7O6. The Labute approximate surface area is 193 Å². The molecule has 1 aliphatic heterocycles. The Kier molecular flexibility index (Phi) is 5.99. The van der Waals surface area contributed by atoms with Crippen molar-refractivity contribution >= 4 is 23.2 Å². The normalized spacial score (nSPS) is 14.7. The van der Waals surface area contributed by atoms with Gasteiger partial charge >= 0.3 is 5.69 Å². The zero-order valence-electron chi connectivity index (χ0n) is 18.5. The predicted octanol–water partition coefficient (Wildman–Crippen LogP) is 2.62. The van der Waals surface area contributed by atoms with Crippen molar-refractivity contribution in [3.05, 3.63) is 63.3 Å². The van der Waals surface area contributed by atoms with E-state index in [2.05, 4.69) is 26.2 Å². The van der Waals surface area contributed by atoms with Crippen LogP contribution in [-0.2, 0) is 4.79 Å². The average Bonchev–Trinajstić information content (AvgIpc) is 3.27. The SMILES string of the molecule is CCOc1ccccc1NC(=O)C1=C(C)Nc2nnnn2C1c1cc(OC)c(O)c([N+](=O)[O-])c1. The van der Waals surface area contributed by atoms with Crippen LogP contribution >= 0.6 is 0 Å². The molecule has 176 valence electrons. The van der Waals surface area contributed by atoms with Gasteiger partial charge < -0.3 is 25.2 Å². The number of benzene rings is 2. The van der Waals surface area contributed by atoms with Gasteiger partial charge in [-0.3, -0.25) is 14.9 Å². The van der Waals surface area contributed by atoms with Crippen molar-refractivity contribution in [2.24, 2.45) is 0 Å². The van der Waals surface area contributed by atoms with Crippen molar-refractivity contribution in [1.29, 1.82) is 0 Å². The minimum atomic E-state index is -0.960. The Balaban J connectivity index is 1.83. The molecule has 0 saturated carbocycles. The fraction of sp³-hybridized carbons (Fsp3) is 0.238. The highest BCUT2D eigenvalue weighted by Crippen LogP contribution is 2.43. The van der Waals surface area contributed by atoms with Crippen molar-refractivity contribution in [2.75, 3.05) is 24.4 Å². The quantitative estimate of drug-likeness (QED) is 0.347. The monoisotopic (exact) mass is 467 g/mol. The number of phenolic OH excluding ortho intramolecular Hbond substituents is 1. The van der Waals surface area contributed by atoms with E-state index >= 15 is 0 Å². The van der Waals surface area contributed by atoms with Crippen molar-refractivity contribution in [3.8, 4) is 17.2 Å². The molecule has 1 amide bonds. The smallest absolute Gasteiger partial charge is 0.315 e. The molecule has 2 heterocycles. The summed E-state index contributed by atoms with van der Waals surface area (Å²) in [6.07, 6.45) is 0. The van der Waals surface area contributed by atoms with Crippen molar-refractivity contribution in [2.45, 2.75) is 19.9 Å². The molecule has 1 aliphatic rings. The summed E-state index contributed by atoms with van der Waals surface area (Å²) in [7, 11) is 1.27. The third kappa shape index (κ3) is 3.94. The van der Waals surface area contributed by atoms with Crippen LogP contribution in [0.1, 0.15) is 25.5 Å². The fourth-order valence-corrected chi connectivity index (χ4v) is 3.72. The molecule has 0 saturated heterocycles. The molecule has 3 N–H and O–H groups in total. The van der Waals surface area contributed by atoms with Crippen molar-refractivity contribution < 1.29 is 24.3 Å². The van der Waals surface area contributed by atoms with Crippen LogP contribution in [0.2, 0.25) is 0 Å². The van der Waals surface area contributed by atoms with Gasteiger partial charge in [-0.1, -0.05) is 17.2 Å². The van der Waals surface area contributed by atoms with E-state index in [4.69, 9.17) is 9.47 Å². The van der Waals surface area contributed by atoms with Gasteiger partial charge in [0.05, 0.1) is 29.9 Å². The number of nitro groups is 1. The van der Waals surface area contributed by atoms with E-state index in [9.17, 15) is 20.0 Å². The minimum Gasteiger partial charge on any atom is -0.500 e. The van der Waals surface area contributed by atoms with Gasteiger partial charge in [0.25, 0.3) is 5.91 Å². The first kappa shape index (κ1) is 22.5. The van der Waals surface area contributed by atoms with Gasteiger partial charge in [-0.2, -0.15) is 4.68 Å². The third-order valence-corrected chi connectivity index (χ3v) is 5.20. The Bertz CT molecular complexity index is 1300. The summed E-state index contributed by atoms with van der Waals surface area (Å²) in [6, 6.07) is 8.56. The number of anilines is 2. The lowest BCUT2D eigenvalue weighted by Gasteiger charge is -2.28. The number of aromatic hydroxyl groups is 1. The van der Waals surface area contributed by atoms with E-state index in [-0.39, 0.29) is 22.8 Å². The Morgan fingerprint density at radius 3 is 2.79 bits per heavy atom. The van der Waals surface area contributed by atoms with E-state index in [1.165, 1.54) is 17.9 Å². The van der Waals surface area contributed by atoms with E-state index in [0.717, 1.165) is 6.07 Å². The second-order valence-corrected chi connectivity index (χ2v) is 7.24. The van der Waals surface area contributed by atoms with Gasteiger partial charge in [0.15, 0.2) is 5.75 Å². The Morgan fingerprint density at radius 1 is 1.32 bits per heavy atom. The number of nitro benzene ring substituents is 1. The molecule has 13 heteroatoms. The maximum atomic E-state index is 13.5. The fourth-order valence-electron chi connectivity index (χ4n) is 3.72. The summed E-state index contributed by atoms with van der Waals surface area (Å²) in [5.41, 5.74) is 0.771. The Hall–Kier alpha value is -4.68. The van der Waals surface area contributed by atoms with Crippen LogP contribution in [0.4, 0.5) is 17.3 Å². The summed E-state index contributed by atoms with van der Waals surface area (Å²) < 4.78 is 12.0. The molecule has 0 aliphatic carbocycles. The summed E-state index contributed by atoms with van der Waals surface area (Å²) >= 11 is 0. The molecule has 34 heavy (non-hydrogen) atoms. The lowest BCUT2D eigenvalue weighted by atomic mass is 9.94. The van der Waals surface area contributed by atoms with Gasteiger partial charge in [-0.25, -0.2) is 0 Å². The predicted molar refractivity (Wildman–Crippen MR) is 120 cm³/mol. The first-order valence-electron chi connectivity index (χ1n) is 10.2. The third-order valence-electron chi connectivity index (χ3n) is 5.20. The molecule has 3 aromatic rings. The molecule has 0 spiro atoms. The zero-order chi connectivity index (χ0) is 24.4. The van der Waals surface area contributed by atoms with Gasteiger partial charge in [-0.15, -0.1) is 0 Å². The molecular weight excluding hydrogens is 446 g/mol. The number of phenols is 1. The van der Waals surface area contributed by atoms with Gasteiger partial charge in [0, 0.05) is 11.8 Å². The number of aromatic nitrogens is 4. The summed E-state index contributed by atoms with van der Waals surface area (Å²) in [5, 5.41) is 39.1. The molecule has 4 rings (SSSR count). The molecule has 0 fully saturated rings. The summed E-state index contributed by atoms with van der Waals surface area (Å²) in [4.78, 5) is 24.4. The number of hydrogen-bond donors (Lipinski definition) is 3. The number of fused-ring (bicyclic) bond motifs is 1. The molecule has 0 radical (unpaired) electrons. The molecule has 0 bridgehead atoms. The second-order valence-electron chi connectivity index (χ2n) is 7.24. The number of rotatable bonds is 7. The number of carbonyl (C=O) groups is 1.